The molecule has 1 aromatic carbocycles. The Balaban J connectivity index is 2.05. The largest absolute Gasteiger partial charge is 0.453 e. The molecule has 3 aromatic rings. The minimum Gasteiger partial charge on any atom is -0.368 e. The van der Waals surface area contributed by atoms with Crippen LogP contribution in [0.3, 0.4) is 0 Å². The summed E-state index contributed by atoms with van der Waals surface area (Å²) in [5.41, 5.74) is 7.20. The van der Waals surface area contributed by atoms with Gasteiger partial charge in [0.05, 0.1) is 0 Å². The standard InChI is InChI=1S/C14H10F3N5/c15-14(16,17)12-20-13(18)22(21-12)11-8-10(6-7-19-11)9-4-2-1-3-5-9/h1-8H,(H2,18,20,21). The predicted octanol–water partition coefficient (Wildman–Crippen LogP) is 2.93. The molecule has 22 heavy (non-hydrogen) atoms. The normalized spacial score (nSPS) is 11.6. The second-order valence-corrected chi connectivity index (χ2v) is 4.47. The number of nitrogen functional groups attached to an aromatic ring is 1. The Morgan fingerprint density at radius 3 is 2.36 bits per heavy atom. The maximum absolute atomic E-state index is 12.6. The highest BCUT2D eigenvalue weighted by Crippen LogP contribution is 2.28. The Hall–Kier alpha value is -2.90. The quantitative estimate of drug-likeness (QED) is 0.790. The first-order valence-electron chi connectivity index (χ1n) is 6.27. The van der Waals surface area contributed by atoms with E-state index in [-0.39, 0.29) is 11.8 Å². The monoisotopic (exact) mass is 305 g/mol. The van der Waals surface area contributed by atoms with Crippen LogP contribution in [0.5, 0.6) is 0 Å². The Morgan fingerprint density at radius 1 is 1.00 bits per heavy atom. The van der Waals surface area contributed by atoms with Crippen molar-refractivity contribution in [2.75, 3.05) is 5.73 Å². The molecule has 2 heterocycles. The van der Waals surface area contributed by atoms with Crippen LogP contribution in [0.4, 0.5) is 19.1 Å². The van der Waals surface area contributed by atoms with Crippen molar-refractivity contribution in [1.29, 1.82) is 0 Å². The molecule has 0 bridgehead atoms. The van der Waals surface area contributed by atoms with Gasteiger partial charge < -0.3 is 5.73 Å². The average molecular weight is 305 g/mol. The summed E-state index contributed by atoms with van der Waals surface area (Å²) in [5, 5.41) is 3.38. The highest BCUT2D eigenvalue weighted by molar-refractivity contribution is 5.64. The van der Waals surface area contributed by atoms with Gasteiger partial charge in [0.2, 0.25) is 5.95 Å². The molecule has 2 N–H and O–H groups in total. The Labute approximate surface area is 123 Å². The lowest BCUT2D eigenvalue weighted by molar-refractivity contribution is -0.144. The van der Waals surface area contributed by atoms with Crippen molar-refractivity contribution in [2.24, 2.45) is 0 Å². The molecule has 0 saturated carbocycles. The van der Waals surface area contributed by atoms with E-state index in [1.807, 2.05) is 30.3 Å². The second-order valence-electron chi connectivity index (χ2n) is 4.47. The number of hydrogen-bond acceptors (Lipinski definition) is 4. The fraction of sp³-hybridized carbons (Fsp3) is 0.0714. The zero-order valence-electron chi connectivity index (χ0n) is 11.1. The number of halogens is 3. The van der Waals surface area contributed by atoms with Crippen LogP contribution >= 0.6 is 0 Å². The average Bonchev–Trinajstić information content (AvgIpc) is 2.90. The molecule has 0 spiro atoms. The smallest absolute Gasteiger partial charge is 0.368 e. The summed E-state index contributed by atoms with van der Waals surface area (Å²) in [7, 11) is 0. The first-order chi connectivity index (χ1) is 10.4. The number of aromatic nitrogens is 4. The van der Waals surface area contributed by atoms with Crippen LogP contribution in [0.2, 0.25) is 0 Å². The molecule has 5 nitrogen and oxygen atoms in total. The van der Waals surface area contributed by atoms with E-state index in [4.69, 9.17) is 5.73 Å². The van der Waals surface area contributed by atoms with Gasteiger partial charge in [-0.15, -0.1) is 5.10 Å². The molecule has 0 fully saturated rings. The fourth-order valence-electron chi connectivity index (χ4n) is 1.96. The Kier molecular flexibility index (Phi) is 3.28. The third-order valence-electron chi connectivity index (χ3n) is 2.96. The molecule has 0 unspecified atom stereocenters. The van der Waals surface area contributed by atoms with Gasteiger partial charge in [-0.2, -0.15) is 22.8 Å². The van der Waals surface area contributed by atoms with Crippen molar-refractivity contribution in [3.8, 4) is 16.9 Å². The van der Waals surface area contributed by atoms with E-state index >= 15 is 0 Å². The van der Waals surface area contributed by atoms with Gasteiger partial charge >= 0.3 is 6.18 Å². The highest BCUT2D eigenvalue weighted by atomic mass is 19.4. The number of rotatable bonds is 2. The lowest BCUT2D eigenvalue weighted by atomic mass is 10.1. The van der Waals surface area contributed by atoms with Gasteiger partial charge in [0, 0.05) is 6.20 Å². The molecule has 8 heteroatoms. The Bertz CT molecular complexity index is 796. The molecule has 0 atom stereocenters. The van der Waals surface area contributed by atoms with Gasteiger partial charge in [-0.1, -0.05) is 30.3 Å². The number of nitrogens with zero attached hydrogens (tertiary/aromatic N) is 4. The number of hydrogen-bond donors (Lipinski definition) is 1. The molecule has 3 rings (SSSR count). The van der Waals surface area contributed by atoms with E-state index < -0.39 is 12.0 Å². The second kappa shape index (κ2) is 5.14. The van der Waals surface area contributed by atoms with Crippen LogP contribution in [0.1, 0.15) is 5.82 Å². The third-order valence-corrected chi connectivity index (χ3v) is 2.96. The van der Waals surface area contributed by atoms with Crippen LogP contribution in [0.15, 0.2) is 48.7 Å². The van der Waals surface area contributed by atoms with E-state index in [0.29, 0.717) is 0 Å². The van der Waals surface area contributed by atoms with Crippen molar-refractivity contribution in [2.45, 2.75) is 6.18 Å². The topological polar surface area (TPSA) is 69.6 Å². The number of nitrogens with two attached hydrogens (primary N) is 1. The molecule has 0 saturated heterocycles. The van der Waals surface area contributed by atoms with Crippen molar-refractivity contribution in [3.05, 3.63) is 54.5 Å². The van der Waals surface area contributed by atoms with E-state index in [2.05, 4.69) is 15.1 Å². The summed E-state index contributed by atoms with van der Waals surface area (Å²) in [6.07, 6.45) is -3.18. The minimum absolute atomic E-state index is 0.168. The van der Waals surface area contributed by atoms with Crippen LogP contribution in [0.25, 0.3) is 16.9 Å². The van der Waals surface area contributed by atoms with Crippen molar-refractivity contribution in [1.82, 2.24) is 19.7 Å². The molecular formula is C14H10F3N5. The first kappa shape index (κ1) is 14.1. The molecule has 0 aliphatic carbocycles. The molecule has 0 radical (unpaired) electrons. The van der Waals surface area contributed by atoms with Crippen molar-refractivity contribution < 1.29 is 13.2 Å². The van der Waals surface area contributed by atoms with Gasteiger partial charge in [0.1, 0.15) is 0 Å². The lowest BCUT2D eigenvalue weighted by Gasteiger charge is -2.05. The summed E-state index contributed by atoms with van der Waals surface area (Å²) < 4.78 is 38.8. The van der Waals surface area contributed by atoms with Gasteiger partial charge in [-0.25, -0.2) is 4.98 Å². The summed E-state index contributed by atoms with van der Waals surface area (Å²) in [6, 6.07) is 12.7. The molecule has 112 valence electrons. The molecule has 0 aliphatic rings. The van der Waals surface area contributed by atoms with Crippen LogP contribution in [-0.4, -0.2) is 19.7 Å². The lowest BCUT2D eigenvalue weighted by Crippen LogP contribution is -2.09. The third kappa shape index (κ3) is 2.62. The zero-order valence-corrected chi connectivity index (χ0v) is 11.1. The van der Waals surface area contributed by atoms with E-state index in [0.717, 1.165) is 15.8 Å². The SMILES string of the molecule is Nc1nc(C(F)(F)F)nn1-c1cc(-c2ccccc2)ccn1. The maximum Gasteiger partial charge on any atom is 0.453 e. The number of alkyl halides is 3. The predicted molar refractivity (Wildman–Crippen MR) is 74.0 cm³/mol. The van der Waals surface area contributed by atoms with Gasteiger partial charge in [-0.3, -0.25) is 0 Å². The number of pyridine rings is 1. The van der Waals surface area contributed by atoms with E-state index in [1.54, 1.807) is 12.1 Å². The number of benzene rings is 1. The van der Waals surface area contributed by atoms with Crippen LogP contribution in [-0.2, 0) is 6.18 Å². The zero-order chi connectivity index (χ0) is 15.7. The number of anilines is 1. The van der Waals surface area contributed by atoms with Gasteiger partial charge in [0.25, 0.3) is 5.82 Å². The van der Waals surface area contributed by atoms with E-state index in [1.165, 1.54) is 6.20 Å². The first-order valence-corrected chi connectivity index (χ1v) is 6.27. The summed E-state index contributed by atoms with van der Waals surface area (Å²) in [4.78, 5) is 7.23. The van der Waals surface area contributed by atoms with Crippen LogP contribution < -0.4 is 5.73 Å². The van der Waals surface area contributed by atoms with Crippen molar-refractivity contribution in [3.63, 3.8) is 0 Å². The van der Waals surface area contributed by atoms with Gasteiger partial charge in [0.15, 0.2) is 5.82 Å². The summed E-state index contributed by atoms with van der Waals surface area (Å²) in [5.74, 6) is -1.50. The Morgan fingerprint density at radius 2 is 1.73 bits per heavy atom. The van der Waals surface area contributed by atoms with Crippen LogP contribution in [0, 0.1) is 0 Å². The summed E-state index contributed by atoms with van der Waals surface area (Å²) >= 11 is 0. The minimum atomic E-state index is -4.66. The molecule has 0 amide bonds. The van der Waals surface area contributed by atoms with E-state index in [9.17, 15) is 13.2 Å². The highest BCUT2D eigenvalue weighted by Gasteiger charge is 2.37. The van der Waals surface area contributed by atoms with Gasteiger partial charge in [-0.05, 0) is 23.3 Å². The fourth-order valence-corrected chi connectivity index (χ4v) is 1.96. The molecular weight excluding hydrogens is 295 g/mol. The maximum atomic E-state index is 12.6. The molecule has 2 aromatic heterocycles. The van der Waals surface area contributed by atoms with Crippen molar-refractivity contribution >= 4 is 5.95 Å². The summed E-state index contributed by atoms with van der Waals surface area (Å²) in [6.45, 7) is 0. The molecule has 0 aliphatic heterocycles.